The lowest BCUT2D eigenvalue weighted by atomic mass is 9.71. The van der Waals surface area contributed by atoms with E-state index >= 15 is 0 Å². The molecule has 2 N–H and O–H groups in total. The number of halogens is 3. The van der Waals surface area contributed by atoms with Crippen LogP contribution in [-0.2, 0) is 11.0 Å². The van der Waals surface area contributed by atoms with Gasteiger partial charge in [0.25, 0.3) is 0 Å². The van der Waals surface area contributed by atoms with E-state index in [4.69, 9.17) is 6.57 Å². The Hall–Kier alpha value is -3.36. The van der Waals surface area contributed by atoms with Crippen LogP contribution in [0.4, 0.5) is 36.1 Å². The molecule has 43 heavy (non-hydrogen) atoms. The summed E-state index contributed by atoms with van der Waals surface area (Å²) in [7, 11) is 0. The molecule has 0 bridgehead atoms. The summed E-state index contributed by atoms with van der Waals surface area (Å²) in [6.07, 6.45) is 3.32. The van der Waals surface area contributed by atoms with E-state index in [2.05, 4.69) is 30.3 Å². The third kappa shape index (κ3) is 6.75. The molecule has 5 heterocycles. The molecular formula is C32H40F3N7O. The molecule has 0 unspecified atom stereocenters. The number of amides is 1. The number of carbonyl (C=O) groups excluding carboxylic acids is 1. The van der Waals surface area contributed by atoms with Crippen LogP contribution in [0.1, 0.15) is 44.1 Å². The van der Waals surface area contributed by atoms with Crippen LogP contribution < -0.4 is 20.4 Å². The molecule has 8 nitrogen and oxygen atoms in total. The van der Waals surface area contributed by atoms with Crippen LogP contribution >= 0.6 is 0 Å². The number of nitrogens with zero attached hydrogens (tertiary/aromatic N) is 5. The smallest absolute Gasteiger partial charge is 0.372 e. The highest BCUT2D eigenvalue weighted by Crippen LogP contribution is 2.42. The van der Waals surface area contributed by atoms with E-state index in [1.54, 1.807) is 6.07 Å². The van der Waals surface area contributed by atoms with Gasteiger partial charge in [-0.3, -0.25) is 4.79 Å². The second-order valence-electron chi connectivity index (χ2n) is 12.8. The number of benzene rings is 1. The summed E-state index contributed by atoms with van der Waals surface area (Å²) in [5.41, 5.74) is 0.653. The van der Waals surface area contributed by atoms with Gasteiger partial charge in [0.15, 0.2) is 5.69 Å². The highest BCUT2D eigenvalue weighted by atomic mass is 19.4. The van der Waals surface area contributed by atoms with E-state index < -0.39 is 17.4 Å². The normalized spacial score (nSPS) is 21.8. The molecule has 230 valence electrons. The van der Waals surface area contributed by atoms with Crippen LogP contribution in [-0.4, -0.2) is 74.7 Å². The van der Waals surface area contributed by atoms with Gasteiger partial charge in [-0.25, -0.2) is 9.83 Å². The Labute approximate surface area is 251 Å². The molecule has 1 aromatic carbocycles. The van der Waals surface area contributed by atoms with Crippen molar-refractivity contribution in [3.8, 4) is 0 Å². The number of aromatic nitrogens is 1. The van der Waals surface area contributed by atoms with E-state index in [-0.39, 0.29) is 11.8 Å². The number of piperidine rings is 3. The van der Waals surface area contributed by atoms with Crippen LogP contribution in [0.15, 0.2) is 36.5 Å². The van der Waals surface area contributed by atoms with E-state index in [0.717, 1.165) is 43.9 Å². The van der Waals surface area contributed by atoms with Gasteiger partial charge in [-0.2, -0.15) is 13.2 Å². The van der Waals surface area contributed by atoms with Gasteiger partial charge >= 0.3 is 6.18 Å². The van der Waals surface area contributed by atoms with E-state index in [9.17, 15) is 18.0 Å². The van der Waals surface area contributed by atoms with Gasteiger partial charge in [-0.05, 0) is 87.2 Å². The monoisotopic (exact) mass is 595 g/mol. The Balaban J connectivity index is 0.949. The first-order valence-electron chi connectivity index (χ1n) is 15.5. The zero-order valence-electron chi connectivity index (χ0n) is 24.5. The summed E-state index contributed by atoms with van der Waals surface area (Å²) >= 11 is 0. The van der Waals surface area contributed by atoms with Crippen LogP contribution in [0.3, 0.4) is 0 Å². The zero-order valence-corrected chi connectivity index (χ0v) is 24.5. The number of nitrogens with one attached hydrogen (secondary N) is 2. The average Bonchev–Trinajstić information content (AvgIpc) is 3.01. The molecule has 4 saturated heterocycles. The Morgan fingerprint density at radius 3 is 2.30 bits per heavy atom. The van der Waals surface area contributed by atoms with E-state index in [1.165, 1.54) is 51.4 Å². The molecule has 1 spiro atoms. The zero-order chi connectivity index (χ0) is 30.0. The van der Waals surface area contributed by atoms with Crippen molar-refractivity contribution in [1.29, 1.82) is 0 Å². The largest absolute Gasteiger partial charge is 0.407 e. The van der Waals surface area contributed by atoms with Crippen LogP contribution in [0.5, 0.6) is 0 Å². The van der Waals surface area contributed by atoms with Gasteiger partial charge in [0, 0.05) is 57.4 Å². The first-order valence-corrected chi connectivity index (χ1v) is 15.5. The lowest BCUT2D eigenvalue weighted by Crippen LogP contribution is -2.61. The first-order chi connectivity index (χ1) is 20.7. The maximum absolute atomic E-state index is 13.4. The summed E-state index contributed by atoms with van der Waals surface area (Å²) < 4.78 is 40.2. The fourth-order valence-electron chi connectivity index (χ4n) is 7.34. The topological polar surface area (TPSA) is 68.1 Å². The van der Waals surface area contributed by atoms with Crippen molar-refractivity contribution in [1.82, 2.24) is 15.2 Å². The molecule has 0 aliphatic carbocycles. The minimum atomic E-state index is -4.59. The minimum absolute atomic E-state index is 0.113. The summed E-state index contributed by atoms with van der Waals surface area (Å²) in [6.45, 7) is 16.0. The maximum Gasteiger partial charge on any atom is 0.407 e. The first kappa shape index (κ1) is 29.7. The Morgan fingerprint density at radius 2 is 1.67 bits per heavy atom. The molecule has 0 atom stereocenters. The number of pyridine rings is 1. The molecule has 1 amide bonds. The van der Waals surface area contributed by atoms with Crippen molar-refractivity contribution in [2.24, 2.45) is 17.3 Å². The predicted molar refractivity (Wildman–Crippen MR) is 161 cm³/mol. The van der Waals surface area contributed by atoms with Crippen molar-refractivity contribution >= 4 is 28.8 Å². The molecular weight excluding hydrogens is 555 g/mol. The number of hydrogen-bond acceptors (Lipinski definition) is 6. The molecule has 4 aliphatic heterocycles. The van der Waals surface area contributed by atoms with Crippen molar-refractivity contribution in [3.05, 3.63) is 53.5 Å². The lowest BCUT2D eigenvalue weighted by molar-refractivity contribution is -0.136. The summed E-state index contributed by atoms with van der Waals surface area (Å²) in [4.78, 5) is 27.4. The summed E-state index contributed by atoms with van der Waals surface area (Å²) in [6, 6.07) is 7.69. The number of rotatable bonds is 6. The summed E-state index contributed by atoms with van der Waals surface area (Å²) in [5, 5.41) is 6.39. The predicted octanol–water partition coefficient (Wildman–Crippen LogP) is 5.41. The van der Waals surface area contributed by atoms with Crippen LogP contribution in [0.2, 0.25) is 0 Å². The van der Waals surface area contributed by atoms with Gasteiger partial charge in [0.1, 0.15) is 5.82 Å². The van der Waals surface area contributed by atoms with E-state index in [0.29, 0.717) is 42.9 Å². The quantitative estimate of drug-likeness (QED) is 0.436. The fraction of sp³-hybridized carbons (Fsp3) is 0.594. The molecule has 11 heteroatoms. The number of anilines is 3. The van der Waals surface area contributed by atoms with Gasteiger partial charge in [-0.1, -0.05) is 6.07 Å². The van der Waals surface area contributed by atoms with Crippen LogP contribution in [0, 0.1) is 23.8 Å². The van der Waals surface area contributed by atoms with Crippen LogP contribution in [0.25, 0.3) is 4.85 Å². The standard InChI is InChI=1S/C32H40F3N7O/c1-36-28-4-2-25(18-27(28)32(33,34)35)41-14-8-24(9-15-41)30(43)39-29-5-3-26(19-38-29)42-16-10-31(11-17-42)21-40(22-31)20-23-6-12-37-13-7-23/h2-5,18-19,23-24,37H,6-17,20-22H2,(H,38,39,43). The highest BCUT2D eigenvalue weighted by Gasteiger charge is 2.45. The van der Waals surface area contributed by atoms with Gasteiger partial charge < -0.3 is 25.3 Å². The Morgan fingerprint density at radius 1 is 1.00 bits per heavy atom. The second-order valence-corrected chi connectivity index (χ2v) is 12.8. The molecule has 2 aromatic rings. The van der Waals surface area contributed by atoms with Crippen molar-refractivity contribution < 1.29 is 18.0 Å². The number of hydrogen-bond donors (Lipinski definition) is 2. The number of alkyl halides is 3. The molecule has 6 rings (SSSR count). The molecule has 0 radical (unpaired) electrons. The summed E-state index contributed by atoms with van der Waals surface area (Å²) in [5.74, 6) is 1.01. The van der Waals surface area contributed by atoms with Crippen molar-refractivity contribution in [2.45, 2.75) is 44.7 Å². The SMILES string of the molecule is [C-]#[N+]c1ccc(N2CCC(C(=O)Nc3ccc(N4CCC5(CC4)CN(CC4CCNCC4)C5)cn3)CC2)cc1C(F)(F)F. The van der Waals surface area contributed by atoms with Crippen molar-refractivity contribution in [2.75, 3.05) is 74.0 Å². The minimum Gasteiger partial charge on any atom is -0.372 e. The van der Waals surface area contributed by atoms with Crippen molar-refractivity contribution in [3.63, 3.8) is 0 Å². The highest BCUT2D eigenvalue weighted by molar-refractivity contribution is 5.92. The average molecular weight is 596 g/mol. The van der Waals surface area contributed by atoms with E-state index in [1.807, 2.05) is 23.2 Å². The Bertz CT molecular complexity index is 1310. The third-order valence-electron chi connectivity index (χ3n) is 9.92. The second kappa shape index (κ2) is 12.3. The van der Waals surface area contributed by atoms with Gasteiger partial charge in [-0.15, -0.1) is 0 Å². The Kier molecular flexibility index (Phi) is 8.51. The lowest BCUT2D eigenvalue weighted by Gasteiger charge is -2.55. The maximum atomic E-state index is 13.4. The molecule has 4 fully saturated rings. The molecule has 4 aliphatic rings. The third-order valence-corrected chi connectivity index (χ3v) is 9.92. The number of likely N-dealkylation sites (tertiary alicyclic amines) is 1. The molecule has 1 aromatic heterocycles. The van der Waals surface area contributed by atoms with Gasteiger partial charge in [0.05, 0.1) is 24.0 Å². The molecule has 0 saturated carbocycles. The van der Waals surface area contributed by atoms with Gasteiger partial charge in [0.2, 0.25) is 5.91 Å². The number of carbonyl (C=O) groups is 1. The fourth-order valence-corrected chi connectivity index (χ4v) is 7.34.